The van der Waals surface area contributed by atoms with Crippen molar-refractivity contribution in [3.63, 3.8) is 0 Å². The molecule has 0 bridgehead atoms. The SMILES string of the molecule is CCCC[Si](OCC)(OCC)C(C)(C)C. The van der Waals surface area contributed by atoms with Crippen LogP contribution < -0.4 is 0 Å². The molecule has 0 rings (SSSR count). The van der Waals surface area contributed by atoms with Crippen LogP contribution in [0, 0.1) is 0 Å². The van der Waals surface area contributed by atoms with E-state index in [4.69, 9.17) is 8.85 Å². The van der Waals surface area contributed by atoms with Gasteiger partial charge in [-0.25, -0.2) is 0 Å². The van der Waals surface area contributed by atoms with E-state index in [2.05, 4.69) is 41.5 Å². The molecule has 0 amide bonds. The van der Waals surface area contributed by atoms with E-state index >= 15 is 0 Å². The summed E-state index contributed by atoms with van der Waals surface area (Å²) in [5.41, 5.74) is 0. The molecule has 0 unspecified atom stereocenters. The summed E-state index contributed by atoms with van der Waals surface area (Å²) in [6, 6.07) is 1.12. The number of hydrogen-bond donors (Lipinski definition) is 0. The highest BCUT2D eigenvalue weighted by atomic mass is 28.4. The third-order valence-corrected chi connectivity index (χ3v) is 7.56. The van der Waals surface area contributed by atoms with Crippen molar-refractivity contribution in [1.29, 1.82) is 0 Å². The fraction of sp³-hybridized carbons (Fsp3) is 1.00. The van der Waals surface area contributed by atoms with Gasteiger partial charge in [0.1, 0.15) is 0 Å². The molecule has 2 nitrogen and oxygen atoms in total. The monoisotopic (exact) mass is 232 g/mol. The molecule has 0 aromatic heterocycles. The van der Waals surface area contributed by atoms with Gasteiger partial charge in [-0.2, -0.15) is 0 Å². The zero-order valence-electron chi connectivity index (χ0n) is 11.4. The second-order valence-electron chi connectivity index (χ2n) is 4.97. The lowest BCUT2D eigenvalue weighted by molar-refractivity contribution is 0.159. The van der Waals surface area contributed by atoms with Crippen molar-refractivity contribution >= 4 is 8.56 Å². The van der Waals surface area contributed by atoms with E-state index in [-0.39, 0.29) is 5.04 Å². The summed E-state index contributed by atoms with van der Waals surface area (Å²) in [5.74, 6) is 0. The van der Waals surface area contributed by atoms with E-state index in [0.29, 0.717) is 0 Å². The lowest BCUT2D eigenvalue weighted by atomic mass is 10.2. The van der Waals surface area contributed by atoms with Crippen molar-refractivity contribution in [1.82, 2.24) is 0 Å². The molecule has 0 N–H and O–H groups in total. The molecule has 92 valence electrons. The van der Waals surface area contributed by atoms with Crippen molar-refractivity contribution in [3.05, 3.63) is 0 Å². The predicted octanol–water partition coefficient (Wildman–Crippen LogP) is 4.10. The third-order valence-electron chi connectivity index (χ3n) is 2.76. The van der Waals surface area contributed by atoms with Gasteiger partial charge in [-0.05, 0) is 19.9 Å². The molecule has 0 aliphatic rings. The van der Waals surface area contributed by atoms with E-state index in [1.807, 2.05) is 0 Å². The van der Waals surface area contributed by atoms with Crippen molar-refractivity contribution in [2.45, 2.75) is 65.5 Å². The largest absolute Gasteiger partial charge is 0.394 e. The van der Waals surface area contributed by atoms with E-state index in [0.717, 1.165) is 19.3 Å². The van der Waals surface area contributed by atoms with Crippen LogP contribution >= 0.6 is 0 Å². The Morgan fingerprint density at radius 3 is 1.67 bits per heavy atom. The fourth-order valence-corrected chi connectivity index (χ4v) is 5.61. The molecular formula is C12H28O2Si. The van der Waals surface area contributed by atoms with Gasteiger partial charge < -0.3 is 8.85 Å². The Kier molecular flexibility index (Phi) is 6.72. The Morgan fingerprint density at radius 1 is 0.933 bits per heavy atom. The van der Waals surface area contributed by atoms with Crippen LogP contribution in [-0.2, 0) is 8.85 Å². The average molecular weight is 232 g/mol. The minimum absolute atomic E-state index is 0.161. The third kappa shape index (κ3) is 4.25. The lowest BCUT2D eigenvalue weighted by Crippen LogP contribution is -2.50. The first-order chi connectivity index (χ1) is 6.93. The van der Waals surface area contributed by atoms with Crippen molar-refractivity contribution < 1.29 is 8.85 Å². The normalized spacial score (nSPS) is 13.2. The minimum atomic E-state index is -2.02. The molecular weight excluding hydrogens is 204 g/mol. The molecule has 3 heteroatoms. The Labute approximate surface area is 96.6 Å². The van der Waals surface area contributed by atoms with E-state index in [1.165, 1.54) is 12.8 Å². The van der Waals surface area contributed by atoms with Crippen LogP contribution in [0.2, 0.25) is 11.1 Å². The maximum atomic E-state index is 6.05. The molecule has 0 aromatic rings. The molecule has 0 radical (unpaired) electrons. The second-order valence-corrected chi connectivity index (χ2v) is 9.06. The molecule has 0 spiro atoms. The zero-order chi connectivity index (χ0) is 11.9. The molecule has 0 aliphatic carbocycles. The van der Waals surface area contributed by atoms with Gasteiger partial charge in [0.25, 0.3) is 0 Å². The Morgan fingerprint density at radius 2 is 1.40 bits per heavy atom. The standard InChI is InChI=1S/C12H28O2Si/c1-7-10-11-15(13-8-2,14-9-3)12(4,5)6/h7-11H2,1-6H3. The van der Waals surface area contributed by atoms with Gasteiger partial charge in [0.2, 0.25) is 0 Å². The quantitative estimate of drug-likeness (QED) is 0.615. The lowest BCUT2D eigenvalue weighted by Gasteiger charge is -2.40. The summed E-state index contributed by atoms with van der Waals surface area (Å²) < 4.78 is 12.1. The van der Waals surface area contributed by atoms with Gasteiger partial charge in [-0.15, -0.1) is 0 Å². The maximum absolute atomic E-state index is 6.05. The van der Waals surface area contributed by atoms with Gasteiger partial charge in [0.05, 0.1) is 0 Å². The van der Waals surface area contributed by atoms with E-state index in [9.17, 15) is 0 Å². The van der Waals surface area contributed by atoms with Gasteiger partial charge in [-0.3, -0.25) is 0 Å². The van der Waals surface area contributed by atoms with E-state index < -0.39 is 8.56 Å². The summed E-state index contributed by atoms with van der Waals surface area (Å²) in [6.45, 7) is 14.7. The van der Waals surface area contributed by atoms with Crippen LogP contribution in [0.15, 0.2) is 0 Å². The molecule has 0 saturated heterocycles. The highest BCUT2D eigenvalue weighted by Crippen LogP contribution is 2.41. The van der Waals surface area contributed by atoms with Gasteiger partial charge in [0, 0.05) is 18.3 Å². The fourth-order valence-electron chi connectivity index (χ4n) is 1.87. The molecule has 15 heavy (non-hydrogen) atoms. The highest BCUT2D eigenvalue weighted by Gasteiger charge is 2.48. The number of unbranched alkanes of at least 4 members (excludes halogenated alkanes) is 1. The van der Waals surface area contributed by atoms with Crippen molar-refractivity contribution in [2.75, 3.05) is 13.2 Å². The van der Waals surface area contributed by atoms with Crippen molar-refractivity contribution in [3.8, 4) is 0 Å². The Balaban J connectivity index is 4.72. The van der Waals surface area contributed by atoms with E-state index in [1.54, 1.807) is 0 Å². The van der Waals surface area contributed by atoms with Crippen LogP contribution in [0.4, 0.5) is 0 Å². The summed E-state index contributed by atoms with van der Waals surface area (Å²) in [4.78, 5) is 0. The average Bonchev–Trinajstić information content (AvgIpc) is 2.13. The summed E-state index contributed by atoms with van der Waals surface area (Å²) >= 11 is 0. The highest BCUT2D eigenvalue weighted by molar-refractivity contribution is 6.70. The molecule has 0 atom stereocenters. The molecule has 0 saturated carbocycles. The van der Waals surface area contributed by atoms with Crippen LogP contribution in [0.3, 0.4) is 0 Å². The summed E-state index contributed by atoms with van der Waals surface area (Å²) in [5, 5.41) is 0.161. The first-order valence-electron chi connectivity index (χ1n) is 6.21. The van der Waals surface area contributed by atoms with Crippen LogP contribution in [0.25, 0.3) is 0 Å². The second kappa shape index (κ2) is 6.66. The zero-order valence-corrected chi connectivity index (χ0v) is 12.4. The molecule has 0 heterocycles. The van der Waals surface area contributed by atoms with Crippen LogP contribution in [-0.4, -0.2) is 21.8 Å². The number of rotatable bonds is 7. The molecule has 0 aromatic carbocycles. The van der Waals surface area contributed by atoms with Gasteiger partial charge >= 0.3 is 8.56 Å². The first-order valence-corrected chi connectivity index (χ1v) is 8.23. The smallest absolute Gasteiger partial charge is 0.343 e. The van der Waals surface area contributed by atoms with Gasteiger partial charge in [-0.1, -0.05) is 40.5 Å². The summed E-state index contributed by atoms with van der Waals surface area (Å²) in [6.07, 6.45) is 2.43. The first kappa shape index (κ1) is 15.1. The summed E-state index contributed by atoms with van der Waals surface area (Å²) in [7, 11) is -2.02. The minimum Gasteiger partial charge on any atom is -0.394 e. The Bertz CT molecular complexity index is 157. The predicted molar refractivity (Wildman–Crippen MR) is 68.4 cm³/mol. The van der Waals surface area contributed by atoms with Crippen molar-refractivity contribution in [2.24, 2.45) is 0 Å². The molecule has 0 fully saturated rings. The van der Waals surface area contributed by atoms with Gasteiger partial charge in [0.15, 0.2) is 0 Å². The number of hydrogen-bond acceptors (Lipinski definition) is 2. The topological polar surface area (TPSA) is 18.5 Å². The van der Waals surface area contributed by atoms with Crippen LogP contribution in [0.1, 0.15) is 54.4 Å². The maximum Gasteiger partial charge on any atom is 0.343 e. The van der Waals surface area contributed by atoms with Crippen LogP contribution in [0.5, 0.6) is 0 Å². The Hall–Kier alpha value is 0.137. The molecule has 0 aliphatic heterocycles.